The number of nitrogens with one attached hydrogen (secondary N) is 1. The number of carboxylic acids is 1. The first kappa shape index (κ1) is 20.8. The van der Waals surface area contributed by atoms with Crippen molar-refractivity contribution in [2.24, 2.45) is 0 Å². The summed E-state index contributed by atoms with van der Waals surface area (Å²) in [6, 6.07) is 21.4. The van der Waals surface area contributed by atoms with Crippen molar-refractivity contribution in [2.75, 3.05) is 11.9 Å². The summed E-state index contributed by atoms with van der Waals surface area (Å²) in [5.41, 5.74) is 4.70. The van der Waals surface area contributed by atoms with Crippen molar-refractivity contribution in [2.45, 2.75) is 5.92 Å². The lowest BCUT2D eigenvalue weighted by atomic mass is 9.98. The van der Waals surface area contributed by atoms with Gasteiger partial charge in [0.15, 0.2) is 10.8 Å². The van der Waals surface area contributed by atoms with Gasteiger partial charge in [0.1, 0.15) is 12.4 Å². The molecule has 0 aliphatic heterocycles. The Morgan fingerprint density at radius 1 is 0.970 bits per heavy atom. The minimum Gasteiger partial charge on any atom is -0.476 e. The number of benzene rings is 3. The summed E-state index contributed by atoms with van der Waals surface area (Å²) < 4.78 is 18.7. The van der Waals surface area contributed by atoms with Crippen LogP contribution in [-0.2, 0) is 4.74 Å². The third-order valence-electron chi connectivity index (χ3n) is 5.49. The van der Waals surface area contributed by atoms with Gasteiger partial charge in [0, 0.05) is 5.92 Å². The van der Waals surface area contributed by atoms with E-state index in [1.54, 1.807) is 0 Å². The van der Waals surface area contributed by atoms with Crippen LogP contribution >= 0.6 is 11.3 Å². The molecule has 5 rings (SSSR count). The molecule has 0 radical (unpaired) electrons. The van der Waals surface area contributed by atoms with Gasteiger partial charge in [0.2, 0.25) is 0 Å². The van der Waals surface area contributed by atoms with Crippen LogP contribution < -0.4 is 5.32 Å². The van der Waals surface area contributed by atoms with E-state index in [4.69, 9.17) is 4.74 Å². The van der Waals surface area contributed by atoms with E-state index in [0.717, 1.165) is 33.6 Å². The van der Waals surface area contributed by atoms with Crippen molar-refractivity contribution >= 4 is 28.5 Å². The Hall–Kier alpha value is -4.04. The Kier molecular flexibility index (Phi) is 5.35. The van der Waals surface area contributed by atoms with E-state index < -0.39 is 17.9 Å². The fraction of sp³-hybridized carbons (Fsp3) is 0.0800. The number of anilines is 1. The predicted octanol–water partition coefficient (Wildman–Crippen LogP) is 6.01. The van der Waals surface area contributed by atoms with E-state index in [-0.39, 0.29) is 23.4 Å². The molecule has 0 saturated carbocycles. The van der Waals surface area contributed by atoms with Gasteiger partial charge < -0.3 is 9.84 Å². The molecule has 4 aromatic rings. The molecule has 3 aromatic carbocycles. The highest BCUT2D eigenvalue weighted by molar-refractivity contribution is 7.19. The number of hydrogen-bond donors (Lipinski definition) is 2. The molecular formula is C25H17FN2O4S. The molecule has 1 aliphatic rings. The number of hydrogen-bond acceptors (Lipinski definition) is 5. The Morgan fingerprint density at radius 2 is 1.58 bits per heavy atom. The molecule has 0 fully saturated rings. The predicted molar refractivity (Wildman–Crippen MR) is 123 cm³/mol. The maximum absolute atomic E-state index is 13.2. The zero-order valence-electron chi connectivity index (χ0n) is 17.1. The van der Waals surface area contributed by atoms with Gasteiger partial charge in [-0.1, -0.05) is 72.0 Å². The van der Waals surface area contributed by atoms with Gasteiger partial charge in [-0.2, -0.15) is 0 Å². The van der Waals surface area contributed by atoms with Crippen molar-refractivity contribution in [3.63, 3.8) is 0 Å². The van der Waals surface area contributed by atoms with Gasteiger partial charge in [-0.25, -0.2) is 19.0 Å². The van der Waals surface area contributed by atoms with Crippen LogP contribution in [0.25, 0.3) is 21.6 Å². The van der Waals surface area contributed by atoms with Crippen molar-refractivity contribution in [1.82, 2.24) is 4.98 Å². The van der Waals surface area contributed by atoms with Gasteiger partial charge in [0.25, 0.3) is 0 Å². The van der Waals surface area contributed by atoms with E-state index >= 15 is 0 Å². The highest BCUT2D eigenvalue weighted by Crippen LogP contribution is 2.44. The van der Waals surface area contributed by atoms with Gasteiger partial charge >= 0.3 is 12.1 Å². The Labute approximate surface area is 192 Å². The van der Waals surface area contributed by atoms with Crippen LogP contribution in [0, 0.1) is 5.82 Å². The van der Waals surface area contributed by atoms with E-state index in [0.29, 0.717) is 10.4 Å². The number of ether oxygens (including phenoxy) is 1. The maximum Gasteiger partial charge on any atom is 0.413 e. The Morgan fingerprint density at radius 3 is 2.18 bits per heavy atom. The average molecular weight is 460 g/mol. The summed E-state index contributed by atoms with van der Waals surface area (Å²) in [6.07, 6.45) is -0.729. The number of carbonyl (C=O) groups is 2. The number of amides is 1. The summed E-state index contributed by atoms with van der Waals surface area (Å²) in [5.74, 6) is -1.77. The topological polar surface area (TPSA) is 88.5 Å². The highest BCUT2D eigenvalue weighted by Gasteiger charge is 2.29. The lowest BCUT2D eigenvalue weighted by molar-refractivity contribution is 0.0692. The van der Waals surface area contributed by atoms with Crippen molar-refractivity contribution in [3.8, 4) is 21.6 Å². The molecule has 2 N–H and O–H groups in total. The number of fused-ring (bicyclic) bond motifs is 3. The van der Waals surface area contributed by atoms with Gasteiger partial charge in [-0.15, -0.1) is 0 Å². The fourth-order valence-corrected chi connectivity index (χ4v) is 4.99. The molecule has 8 heteroatoms. The molecule has 0 bridgehead atoms. The lowest BCUT2D eigenvalue weighted by Crippen LogP contribution is -2.18. The van der Waals surface area contributed by atoms with Gasteiger partial charge in [0.05, 0.1) is 4.88 Å². The number of carboxylic acid groups (broad SMARTS) is 1. The van der Waals surface area contributed by atoms with E-state index in [1.807, 2.05) is 48.5 Å². The van der Waals surface area contributed by atoms with Crippen LogP contribution in [0.1, 0.15) is 27.5 Å². The second kappa shape index (κ2) is 8.48. The molecular weight excluding hydrogens is 443 g/mol. The molecule has 1 aromatic heterocycles. The molecule has 6 nitrogen and oxygen atoms in total. The van der Waals surface area contributed by atoms with Crippen LogP contribution in [-0.4, -0.2) is 28.8 Å². The average Bonchev–Trinajstić information content (AvgIpc) is 3.38. The van der Waals surface area contributed by atoms with E-state index in [2.05, 4.69) is 10.3 Å². The number of rotatable bonds is 5. The summed E-state index contributed by atoms with van der Waals surface area (Å²) in [7, 11) is 0. The maximum atomic E-state index is 13.2. The second-order valence-electron chi connectivity index (χ2n) is 7.46. The first-order valence-electron chi connectivity index (χ1n) is 10.1. The molecule has 0 spiro atoms. The van der Waals surface area contributed by atoms with Crippen LogP contribution in [0.2, 0.25) is 0 Å². The van der Waals surface area contributed by atoms with Crippen molar-refractivity contribution < 1.29 is 23.8 Å². The molecule has 0 saturated heterocycles. The minimum absolute atomic E-state index is 0.0870. The highest BCUT2D eigenvalue weighted by atomic mass is 32.1. The zero-order valence-corrected chi connectivity index (χ0v) is 17.9. The molecule has 1 aliphatic carbocycles. The smallest absolute Gasteiger partial charge is 0.413 e. The summed E-state index contributed by atoms with van der Waals surface area (Å²) in [6.45, 7) is 0.127. The number of aromatic carboxylic acids is 1. The molecule has 164 valence electrons. The molecule has 33 heavy (non-hydrogen) atoms. The normalized spacial score (nSPS) is 12.2. The van der Waals surface area contributed by atoms with Crippen molar-refractivity contribution in [3.05, 3.63) is 95.4 Å². The van der Waals surface area contributed by atoms with Crippen LogP contribution in [0.15, 0.2) is 72.8 Å². The standard InChI is InChI=1S/C25H17FN2O4S/c26-15-11-9-14(10-12-15)22-21(23(29)30)27-24(33-22)28-25(31)32-13-20-18-7-3-1-5-16(18)17-6-2-4-8-19(17)20/h1-12,20H,13H2,(H,29,30)(H,27,28,31). The Bertz CT molecular complexity index is 1320. The molecule has 1 heterocycles. The summed E-state index contributed by atoms with van der Waals surface area (Å²) >= 11 is 0.984. The zero-order chi connectivity index (χ0) is 22.9. The number of aromatic nitrogens is 1. The first-order valence-corrected chi connectivity index (χ1v) is 10.9. The summed E-state index contributed by atoms with van der Waals surface area (Å²) in [5, 5.41) is 12.1. The van der Waals surface area contributed by atoms with E-state index in [9.17, 15) is 19.1 Å². The molecule has 1 amide bonds. The third-order valence-corrected chi connectivity index (χ3v) is 6.51. The van der Waals surface area contributed by atoms with Crippen molar-refractivity contribution in [1.29, 1.82) is 0 Å². The SMILES string of the molecule is O=C(Nc1nc(C(=O)O)c(-c2ccc(F)cc2)s1)OCC1c2ccccc2-c2ccccc21. The van der Waals surface area contributed by atoms with E-state index in [1.165, 1.54) is 24.3 Å². The fourth-order valence-electron chi connectivity index (χ4n) is 4.04. The number of thiazole rings is 1. The van der Waals surface area contributed by atoms with Crippen LogP contribution in [0.3, 0.4) is 0 Å². The lowest BCUT2D eigenvalue weighted by Gasteiger charge is -2.14. The second-order valence-corrected chi connectivity index (χ2v) is 8.46. The number of halogens is 1. The minimum atomic E-state index is -1.24. The number of nitrogens with zero attached hydrogens (tertiary/aromatic N) is 1. The van der Waals surface area contributed by atoms with Gasteiger partial charge in [-0.05, 0) is 39.9 Å². The largest absolute Gasteiger partial charge is 0.476 e. The third kappa shape index (κ3) is 3.96. The Balaban J connectivity index is 1.33. The number of carbonyl (C=O) groups excluding carboxylic acids is 1. The van der Waals surface area contributed by atoms with Gasteiger partial charge in [-0.3, -0.25) is 5.32 Å². The first-order chi connectivity index (χ1) is 16.0. The molecule has 0 unspecified atom stereocenters. The molecule has 0 atom stereocenters. The van der Waals surface area contributed by atoms with Crippen LogP contribution in [0.5, 0.6) is 0 Å². The van der Waals surface area contributed by atoms with Crippen LogP contribution in [0.4, 0.5) is 14.3 Å². The monoisotopic (exact) mass is 460 g/mol. The quantitative estimate of drug-likeness (QED) is 0.381. The summed E-state index contributed by atoms with van der Waals surface area (Å²) in [4.78, 5) is 28.5.